The number of furan rings is 1. The summed E-state index contributed by atoms with van der Waals surface area (Å²) in [6.07, 6.45) is 1.51. The van der Waals surface area contributed by atoms with E-state index in [1.54, 1.807) is 18.2 Å². The van der Waals surface area contributed by atoms with Crippen LogP contribution >= 0.6 is 0 Å². The molecular formula is C10H8FNO. The van der Waals surface area contributed by atoms with Crippen molar-refractivity contribution < 1.29 is 8.81 Å². The van der Waals surface area contributed by atoms with Gasteiger partial charge in [0.05, 0.1) is 12.0 Å². The van der Waals surface area contributed by atoms with Crippen molar-refractivity contribution in [3.8, 4) is 11.3 Å². The highest BCUT2D eigenvalue weighted by Gasteiger charge is 2.04. The fraction of sp³-hybridized carbons (Fsp3) is 0. The summed E-state index contributed by atoms with van der Waals surface area (Å²) in [7, 11) is 0. The molecule has 1 aromatic carbocycles. The zero-order valence-corrected chi connectivity index (χ0v) is 6.83. The first-order chi connectivity index (χ1) is 6.27. The molecule has 0 aliphatic carbocycles. The number of nitrogen functional groups attached to an aromatic ring is 1. The van der Waals surface area contributed by atoms with E-state index in [-0.39, 0.29) is 5.82 Å². The molecule has 0 atom stereocenters. The van der Waals surface area contributed by atoms with Gasteiger partial charge in [-0.15, -0.1) is 0 Å². The first-order valence-corrected chi connectivity index (χ1v) is 3.86. The number of benzene rings is 1. The molecule has 0 radical (unpaired) electrons. The molecule has 0 amide bonds. The van der Waals surface area contributed by atoms with Gasteiger partial charge in [0.15, 0.2) is 5.76 Å². The molecule has 0 aliphatic rings. The lowest BCUT2D eigenvalue weighted by Gasteiger charge is -1.97. The third-order valence-electron chi connectivity index (χ3n) is 1.80. The van der Waals surface area contributed by atoms with E-state index in [0.29, 0.717) is 11.4 Å². The Kier molecular flexibility index (Phi) is 1.77. The van der Waals surface area contributed by atoms with Crippen molar-refractivity contribution in [2.45, 2.75) is 0 Å². The van der Waals surface area contributed by atoms with Crippen LogP contribution in [0.3, 0.4) is 0 Å². The van der Waals surface area contributed by atoms with E-state index < -0.39 is 0 Å². The van der Waals surface area contributed by atoms with Crippen molar-refractivity contribution in [2.24, 2.45) is 0 Å². The Morgan fingerprint density at radius 2 is 1.77 bits per heavy atom. The summed E-state index contributed by atoms with van der Waals surface area (Å²) < 4.78 is 17.7. The molecule has 2 N–H and O–H groups in total. The van der Waals surface area contributed by atoms with Gasteiger partial charge in [0.1, 0.15) is 5.82 Å². The predicted octanol–water partition coefficient (Wildman–Crippen LogP) is 2.67. The molecule has 3 heteroatoms. The molecule has 0 spiro atoms. The van der Waals surface area contributed by atoms with Crippen molar-refractivity contribution in [3.05, 3.63) is 42.4 Å². The van der Waals surface area contributed by atoms with Gasteiger partial charge >= 0.3 is 0 Å². The van der Waals surface area contributed by atoms with E-state index in [1.165, 1.54) is 18.4 Å². The predicted molar refractivity (Wildman–Crippen MR) is 48.5 cm³/mol. The van der Waals surface area contributed by atoms with Crippen LogP contribution in [0.2, 0.25) is 0 Å². The number of hydrogen-bond acceptors (Lipinski definition) is 2. The van der Waals surface area contributed by atoms with Gasteiger partial charge in [-0.05, 0) is 24.3 Å². The fourth-order valence-electron chi connectivity index (χ4n) is 1.16. The maximum absolute atomic E-state index is 12.6. The highest BCUT2D eigenvalue weighted by Crippen LogP contribution is 2.26. The molecule has 0 bridgehead atoms. The molecule has 66 valence electrons. The van der Waals surface area contributed by atoms with Crippen LogP contribution in [-0.2, 0) is 0 Å². The summed E-state index contributed by atoms with van der Waals surface area (Å²) in [6.45, 7) is 0. The van der Waals surface area contributed by atoms with E-state index in [9.17, 15) is 4.39 Å². The Balaban J connectivity index is 2.47. The maximum atomic E-state index is 12.6. The standard InChI is InChI=1S/C10H8FNO/c11-8-3-1-7(2-4-8)10-9(12)5-6-13-10/h1-6H,12H2. The lowest BCUT2D eigenvalue weighted by atomic mass is 10.1. The Hall–Kier alpha value is -1.77. The molecule has 0 saturated carbocycles. The van der Waals surface area contributed by atoms with Crippen LogP contribution in [0, 0.1) is 5.82 Å². The van der Waals surface area contributed by atoms with Gasteiger partial charge in [-0.25, -0.2) is 4.39 Å². The van der Waals surface area contributed by atoms with Gasteiger partial charge in [0.2, 0.25) is 0 Å². The molecule has 2 rings (SSSR count). The summed E-state index contributed by atoms with van der Waals surface area (Å²) in [5.41, 5.74) is 6.97. The van der Waals surface area contributed by atoms with Crippen molar-refractivity contribution in [1.82, 2.24) is 0 Å². The van der Waals surface area contributed by atoms with E-state index in [0.717, 1.165) is 5.56 Å². The summed E-state index contributed by atoms with van der Waals surface area (Å²) in [6, 6.07) is 7.67. The van der Waals surface area contributed by atoms with E-state index in [2.05, 4.69) is 0 Å². The van der Waals surface area contributed by atoms with Crippen LogP contribution in [0.1, 0.15) is 0 Å². The van der Waals surface area contributed by atoms with E-state index >= 15 is 0 Å². The minimum Gasteiger partial charge on any atom is -0.462 e. The first-order valence-electron chi connectivity index (χ1n) is 3.86. The zero-order chi connectivity index (χ0) is 9.26. The Bertz CT molecular complexity index is 405. The molecule has 0 unspecified atom stereocenters. The average Bonchev–Trinajstić information content (AvgIpc) is 2.53. The van der Waals surface area contributed by atoms with Crippen molar-refractivity contribution >= 4 is 5.69 Å². The van der Waals surface area contributed by atoms with Crippen LogP contribution in [-0.4, -0.2) is 0 Å². The lowest BCUT2D eigenvalue weighted by Crippen LogP contribution is -1.84. The van der Waals surface area contributed by atoms with E-state index in [1.807, 2.05) is 0 Å². The molecular weight excluding hydrogens is 169 g/mol. The van der Waals surface area contributed by atoms with Gasteiger partial charge in [-0.2, -0.15) is 0 Å². The van der Waals surface area contributed by atoms with Gasteiger partial charge < -0.3 is 10.2 Å². The largest absolute Gasteiger partial charge is 0.462 e. The molecule has 2 aromatic rings. The number of halogens is 1. The van der Waals surface area contributed by atoms with Crippen molar-refractivity contribution in [1.29, 1.82) is 0 Å². The van der Waals surface area contributed by atoms with Gasteiger partial charge in [-0.3, -0.25) is 0 Å². The highest BCUT2D eigenvalue weighted by molar-refractivity contribution is 5.70. The molecule has 0 fully saturated rings. The number of rotatable bonds is 1. The third kappa shape index (κ3) is 1.40. The summed E-state index contributed by atoms with van der Waals surface area (Å²) in [5, 5.41) is 0. The monoisotopic (exact) mass is 177 g/mol. The summed E-state index contributed by atoms with van der Waals surface area (Å²) in [5.74, 6) is 0.314. The molecule has 13 heavy (non-hydrogen) atoms. The summed E-state index contributed by atoms with van der Waals surface area (Å²) >= 11 is 0. The van der Waals surface area contributed by atoms with Crippen LogP contribution in [0.15, 0.2) is 41.0 Å². The molecule has 0 aliphatic heterocycles. The molecule has 1 heterocycles. The summed E-state index contributed by atoms with van der Waals surface area (Å²) in [4.78, 5) is 0. The minimum absolute atomic E-state index is 0.270. The Morgan fingerprint density at radius 1 is 1.08 bits per heavy atom. The van der Waals surface area contributed by atoms with Crippen LogP contribution < -0.4 is 5.73 Å². The second-order valence-corrected chi connectivity index (χ2v) is 2.71. The van der Waals surface area contributed by atoms with Crippen LogP contribution in [0.25, 0.3) is 11.3 Å². The Labute approximate surface area is 74.8 Å². The quantitative estimate of drug-likeness (QED) is 0.727. The van der Waals surface area contributed by atoms with Gasteiger partial charge in [-0.1, -0.05) is 0 Å². The highest BCUT2D eigenvalue weighted by atomic mass is 19.1. The van der Waals surface area contributed by atoms with Crippen LogP contribution in [0.4, 0.5) is 10.1 Å². The van der Waals surface area contributed by atoms with Crippen molar-refractivity contribution in [2.75, 3.05) is 5.73 Å². The van der Waals surface area contributed by atoms with Crippen molar-refractivity contribution in [3.63, 3.8) is 0 Å². The second-order valence-electron chi connectivity index (χ2n) is 2.71. The number of hydrogen-bond donors (Lipinski definition) is 1. The second kappa shape index (κ2) is 2.94. The molecule has 1 aromatic heterocycles. The number of nitrogens with two attached hydrogens (primary N) is 1. The first kappa shape index (κ1) is 7.86. The molecule has 2 nitrogen and oxygen atoms in total. The number of anilines is 1. The van der Waals surface area contributed by atoms with Gasteiger partial charge in [0, 0.05) is 11.6 Å². The lowest BCUT2D eigenvalue weighted by molar-refractivity contribution is 0.582. The normalized spacial score (nSPS) is 10.2. The topological polar surface area (TPSA) is 39.2 Å². The zero-order valence-electron chi connectivity index (χ0n) is 6.83. The van der Waals surface area contributed by atoms with Crippen LogP contribution in [0.5, 0.6) is 0 Å². The third-order valence-corrected chi connectivity index (χ3v) is 1.80. The minimum atomic E-state index is -0.270. The Morgan fingerprint density at radius 3 is 2.31 bits per heavy atom. The maximum Gasteiger partial charge on any atom is 0.156 e. The van der Waals surface area contributed by atoms with Gasteiger partial charge in [0.25, 0.3) is 0 Å². The van der Waals surface area contributed by atoms with E-state index in [4.69, 9.17) is 10.2 Å². The SMILES string of the molecule is Nc1ccoc1-c1ccc(F)cc1. The smallest absolute Gasteiger partial charge is 0.156 e. The fourth-order valence-corrected chi connectivity index (χ4v) is 1.16. The molecule has 0 saturated heterocycles. The average molecular weight is 177 g/mol.